The van der Waals surface area contributed by atoms with Crippen LogP contribution in [-0.4, -0.2) is 92.3 Å². The Kier molecular flexibility index (Phi) is 13.3. The van der Waals surface area contributed by atoms with Crippen LogP contribution in [0.4, 0.5) is 0 Å². The molecular formula is C22H50O8Si2. The molecule has 0 amide bonds. The molecule has 0 bridgehead atoms. The van der Waals surface area contributed by atoms with E-state index in [1.807, 2.05) is 0 Å². The standard InChI is InChI=1S/C22H50O8Si2/c1-21(2,3)31(9,10)29-14-18(30-32(11,12)22(4,5)6)19(24)20(28-16-26-8)17(13-23)27-15-25-7/h17-20,23-24H,13-16H2,1-12H3/t17-,18+,19+,20+/m0/s1. The first-order valence-electron chi connectivity index (χ1n) is 11.3. The topological polar surface area (TPSA) is 95.8 Å². The Balaban J connectivity index is 5.96. The Morgan fingerprint density at radius 3 is 1.62 bits per heavy atom. The monoisotopic (exact) mass is 498 g/mol. The SMILES string of the molecule is COCO[C@@H]([C@H](O)[C@@H](CO[Si](C)(C)C(C)(C)C)O[Si](C)(C)C(C)(C)C)[C@H](CO)OCOC. The molecule has 0 saturated carbocycles. The minimum atomic E-state index is -2.26. The first-order valence-corrected chi connectivity index (χ1v) is 17.1. The average molecular weight is 499 g/mol. The van der Waals surface area contributed by atoms with Crippen LogP contribution in [0.25, 0.3) is 0 Å². The fraction of sp³-hybridized carbons (Fsp3) is 1.00. The highest BCUT2D eigenvalue weighted by Gasteiger charge is 2.45. The van der Waals surface area contributed by atoms with Crippen LogP contribution in [0.5, 0.6) is 0 Å². The Hall–Kier alpha value is 0.114. The zero-order valence-electron chi connectivity index (χ0n) is 22.5. The van der Waals surface area contributed by atoms with Crippen molar-refractivity contribution in [3.63, 3.8) is 0 Å². The Morgan fingerprint density at radius 1 is 0.750 bits per heavy atom. The molecule has 2 N–H and O–H groups in total. The van der Waals surface area contributed by atoms with E-state index in [0.29, 0.717) is 0 Å². The molecule has 0 unspecified atom stereocenters. The third-order valence-corrected chi connectivity index (χ3v) is 15.7. The number of rotatable bonds is 15. The van der Waals surface area contributed by atoms with Crippen LogP contribution in [0.2, 0.25) is 36.3 Å². The van der Waals surface area contributed by atoms with Crippen LogP contribution >= 0.6 is 0 Å². The van der Waals surface area contributed by atoms with Gasteiger partial charge in [-0.25, -0.2) is 0 Å². The van der Waals surface area contributed by atoms with Gasteiger partial charge in [-0.3, -0.25) is 0 Å². The van der Waals surface area contributed by atoms with Gasteiger partial charge < -0.3 is 38.0 Å². The van der Waals surface area contributed by atoms with Gasteiger partial charge in [0.2, 0.25) is 0 Å². The lowest BCUT2D eigenvalue weighted by molar-refractivity contribution is -0.207. The van der Waals surface area contributed by atoms with Gasteiger partial charge in [0, 0.05) is 14.2 Å². The van der Waals surface area contributed by atoms with Gasteiger partial charge in [0.05, 0.1) is 19.3 Å². The summed E-state index contributed by atoms with van der Waals surface area (Å²) in [5.74, 6) is 0. The van der Waals surface area contributed by atoms with Crippen molar-refractivity contribution in [1.29, 1.82) is 0 Å². The quantitative estimate of drug-likeness (QED) is 0.260. The molecule has 0 aliphatic heterocycles. The molecule has 0 rings (SSSR count). The fourth-order valence-corrected chi connectivity index (χ4v) is 4.79. The molecular weight excluding hydrogens is 448 g/mol. The van der Waals surface area contributed by atoms with E-state index in [9.17, 15) is 10.2 Å². The molecule has 10 heteroatoms. The summed E-state index contributed by atoms with van der Waals surface area (Å²) >= 11 is 0. The molecule has 0 radical (unpaired) electrons. The molecule has 0 heterocycles. The Bertz CT molecular complexity index is 517. The van der Waals surface area contributed by atoms with Crippen molar-refractivity contribution >= 4 is 16.6 Å². The lowest BCUT2D eigenvalue weighted by Crippen LogP contribution is -2.56. The molecule has 0 aromatic heterocycles. The minimum Gasteiger partial charge on any atom is -0.414 e. The predicted octanol–water partition coefficient (Wildman–Crippen LogP) is 3.73. The summed E-state index contributed by atoms with van der Waals surface area (Å²) < 4.78 is 34.5. The molecule has 0 aliphatic rings. The second-order valence-electron chi connectivity index (χ2n) is 11.3. The lowest BCUT2D eigenvalue weighted by Gasteiger charge is -2.44. The van der Waals surface area contributed by atoms with E-state index in [1.165, 1.54) is 14.2 Å². The summed E-state index contributed by atoms with van der Waals surface area (Å²) in [4.78, 5) is 0. The highest BCUT2D eigenvalue weighted by molar-refractivity contribution is 6.74. The van der Waals surface area contributed by atoms with Crippen LogP contribution in [0.3, 0.4) is 0 Å². The van der Waals surface area contributed by atoms with Crippen molar-refractivity contribution in [2.45, 2.75) is 102 Å². The molecule has 8 nitrogen and oxygen atoms in total. The van der Waals surface area contributed by atoms with Crippen LogP contribution in [0, 0.1) is 0 Å². The number of hydrogen-bond donors (Lipinski definition) is 2. The van der Waals surface area contributed by atoms with E-state index >= 15 is 0 Å². The maximum absolute atomic E-state index is 11.4. The molecule has 4 atom stereocenters. The van der Waals surface area contributed by atoms with Gasteiger partial charge in [0.15, 0.2) is 16.6 Å². The van der Waals surface area contributed by atoms with E-state index in [0.717, 1.165) is 0 Å². The van der Waals surface area contributed by atoms with Gasteiger partial charge in [-0.2, -0.15) is 0 Å². The number of ether oxygens (including phenoxy) is 4. The summed E-state index contributed by atoms with van der Waals surface area (Å²) in [6.07, 6.45) is -3.49. The van der Waals surface area contributed by atoms with Gasteiger partial charge in [0.25, 0.3) is 0 Å². The third-order valence-electron chi connectivity index (χ3n) is 6.71. The van der Waals surface area contributed by atoms with Crippen molar-refractivity contribution in [3.05, 3.63) is 0 Å². The van der Waals surface area contributed by atoms with Crippen molar-refractivity contribution in [2.24, 2.45) is 0 Å². The molecule has 0 aromatic carbocycles. The average Bonchev–Trinajstić information content (AvgIpc) is 2.65. The van der Waals surface area contributed by atoms with Crippen LogP contribution in [-0.2, 0) is 27.8 Å². The Labute approximate surface area is 198 Å². The van der Waals surface area contributed by atoms with Crippen LogP contribution in [0.15, 0.2) is 0 Å². The molecule has 0 aliphatic carbocycles. The summed E-state index contributed by atoms with van der Waals surface area (Å²) in [6, 6.07) is 0. The second kappa shape index (κ2) is 13.3. The molecule has 194 valence electrons. The van der Waals surface area contributed by atoms with Gasteiger partial charge in [0.1, 0.15) is 31.9 Å². The smallest absolute Gasteiger partial charge is 0.192 e. The van der Waals surface area contributed by atoms with E-state index in [1.54, 1.807) is 0 Å². The van der Waals surface area contributed by atoms with E-state index < -0.39 is 41.1 Å². The van der Waals surface area contributed by atoms with Gasteiger partial charge in [-0.15, -0.1) is 0 Å². The van der Waals surface area contributed by atoms with Crippen molar-refractivity contribution in [1.82, 2.24) is 0 Å². The number of aliphatic hydroxyl groups is 2. The molecule has 32 heavy (non-hydrogen) atoms. The first kappa shape index (κ1) is 32.1. The maximum atomic E-state index is 11.4. The zero-order chi connectivity index (χ0) is 25.4. The van der Waals surface area contributed by atoms with Crippen LogP contribution < -0.4 is 0 Å². The van der Waals surface area contributed by atoms with Crippen LogP contribution in [0.1, 0.15) is 41.5 Å². The Morgan fingerprint density at radius 2 is 1.22 bits per heavy atom. The predicted molar refractivity (Wildman–Crippen MR) is 132 cm³/mol. The summed E-state index contributed by atoms with van der Waals surface area (Å²) in [6.45, 7) is 21.3. The number of methoxy groups -OCH3 is 2. The van der Waals surface area contributed by atoms with E-state index in [4.69, 9.17) is 27.8 Å². The molecule has 0 aromatic rings. The first-order chi connectivity index (χ1) is 14.4. The summed E-state index contributed by atoms with van der Waals surface area (Å²) in [5.41, 5.74) is 0. The van der Waals surface area contributed by atoms with Crippen molar-refractivity contribution in [2.75, 3.05) is 41.0 Å². The normalized spacial score (nSPS) is 17.8. The summed E-state index contributed by atoms with van der Waals surface area (Å²) in [7, 11) is -1.36. The highest BCUT2D eigenvalue weighted by Crippen LogP contribution is 2.39. The summed E-state index contributed by atoms with van der Waals surface area (Å²) in [5, 5.41) is 21.3. The van der Waals surface area contributed by atoms with E-state index in [2.05, 4.69) is 67.7 Å². The third kappa shape index (κ3) is 9.77. The minimum absolute atomic E-state index is 0.0145. The van der Waals surface area contributed by atoms with Crippen molar-refractivity contribution in [3.8, 4) is 0 Å². The molecule has 0 fully saturated rings. The lowest BCUT2D eigenvalue weighted by atomic mass is 10.0. The van der Waals surface area contributed by atoms with Gasteiger partial charge in [-0.05, 0) is 36.3 Å². The zero-order valence-corrected chi connectivity index (χ0v) is 24.5. The molecule has 0 spiro atoms. The molecule has 0 saturated heterocycles. The number of hydrogen-bond acceptors (Lipinski definition) is 8. The maximum Gasteiger partial charge on any atom is 0.192 e. The van der Waals surface area contributed by atoms with Gasteiger partial charge >= 0.3 is 0 Å². The second-order valence-corrected chi connectivity index (χ2v) is 20.9. The highest BCUT2D eigenvalue weighted by atomic mass is 28.4. The largest absolute Gasteiger partial charge is 0.414 e. The van der Waals surface area contributed by atoms with Crippen molar-refractivity contribution < 1.29 is 38.0 Å². The van der Waals surface area contributed by atoms with E-state index in [-0.39, 0.29) is 36.9 Å². The number of aliphatic hydroxyl groups excluding tert-OH is 2. The van der Waals surface area contributed by atoms with Gasteiger partial charge in [-0.1, -0.05) is 41.5 Å². The fourth-order valence-electron chi connectivity index (χ4n) is 2.46.